The molecule has 0 radical (unpaired) electrons. The molecule has 142 valence electrons. The van der Waals surface area contributed by atoms with Gasteiger partial charge in [0.15, 0.2) is 0 Å². The van der Waals surface area contributed by atoms with Crippen LogP contribution in [-0.4, -0.2) is 15.9 Å². The van der Waals surface area contributed by atoms with Crippen LogP contribution in [0.4, 0.5) is 5.69 Å². The summed E-state index contributed by atoms with van der Waals surface area (Å²) in [5, 5.41) is 21.5. The van der Waals surface area contributed by atoms with E-state index in [0.29, 0.717) is 15.6 Å². The van der Waals surface area contributed by atoms with Crippen molar-refractivity contribution >= 4 is 50.3 Å². The fourth-order valence-electron chi connectivity index (χ4n) is 3.64. The zero-order valence-electron chi connectivity index (χ0n) is 15.2. The highest BCUT2D eigenvalue weighted by Crippen LogP contribution is 2.44. The predicted octanol–water partition coefficient (Wildman–Crippen LogP) is 6.46. The molecule has 0 amide bonds. The highest BCUT2D eigenvalue weighted by atomic mass is 35.5. The summed E-state index contributed by atoms with van der Waals surface area (Å²) in [4.78, 5) is 6.50. The first kappa shape index (κ1) is 17.9. The van der Waals surface area contributed by atoms with E-state index in [2.05, 4.69) is 4.98 Å². The van der Waals surface area contributed by atoms with Crippen LogP contribution in [0.1, 0.15) is 16.6 Å². The van der Waals surface area contributed by atoms with E-state index in [1.165, 1.54) is 11.3 Å². The van der Waals surface area contributed by atoms with Crippen molar-refractivity contribution in [1.82, 2.24) is 4.98 Å². The number of rotatable bonds is 3. The van der Waals surface area contributed by atoms with Gasteiger partial charge in [-0.25, -0.2) is 4.98 Å². The van der Waals surface area contributed by atoms with Crippen LogP contribution in [0, 0.1) is 5.41 Å². The van der Waals surface area contributed by atoms with Gasteiger partial charge in [-0.15, -0.1) is 11.3 Å². The minimum Gasteiger partial charge on any atom is -0.509 e. The summed E-state index contributed by atoms with van der Waals surface area (Å²) in [5.41, 5.74) is 3.02. The summed E-state index contributed by atoms with van der Waals surface area (Å²) in [7, 11) is 0. The lowest BCUT2D eigenvalue weighted by Gasteiger charge is -2.27. The van der Waals surface area contributed by atoms with Crippen LogP contribution in [-0.2, 0) is 0 Å². The van der Waals surface area contributed by atoms with Crippen molar-refractivity contribution in [3.8, 4) is 0 Å². The first-order valence-corrected chi connectivity index (χ1v) is 10.3. The molecule has 2 N–H and O–H groups in total. The van der Waals surface area contributed by atoms with Crippen molar-refractivity contribution in [3.63, 3.8) is 0 Å². The third-order valence-corrected chi connectivity index (χ3v) is 6.28. The monoisotopic (exact) mass is 417 g/mol. The van der Waals surface area contributed by atoms with Crippen molar-refractivity contribution in [3.05, 3.63) is 100 Å². The summed E-state index contributed by atoms with van der Waals surface area (Å²) in [6, 6.07) is 24.4. The molecular formula is C23H16ClN3OS. The van der Waals surface area contributed by atoms with Gasteiger partial charge in [-0.2, -0.15) is 0 Å². The molecule has 4 aromatic rings. The maximum atomic E-state index is 11.3. The van der Waals surface area contributed by atoms with Crippen LogP contribution in [0.25, 0.3) is 15.8 Å². The Balaban J connectivity index is 1.69. The molecule has 2 heterocycles. The van der Waals surface area contributed by atoms with Gasteiger partial charge in [0, 0.05) is 10.7 Å². The van der Waals surface area contributed by atoms with Crippen molar-refractivity contribution < 1.29 is 5.11 Å². The van der Waals surface area contributed by atoms with Gasteiger partial charge in [0.1, 0.15) is 22.6 Å². The Hall–Kier alpha value is -3.15. The van der Waals surface area contributed by atoms with Gasteiger partial charge in [-0.3, -0.25) is 5.41 Å². The minimum absolute atomic E-state index is 0.134. The molecule has 1 aromatic heterocycles. The number of benzene rings is 3. The van der Waals surface area contributed by atoms with E-state index in [-0.39, 0.29) is 11.6 Å². The van der Waals surface area contributed by atoms with E-state index in [9.17, 15) is 5.11 Å². The maximum absolute atomic E-state index is 11.3. The molecule has 3 aromatic carbocycles. The number of hydrogen-bond acceptors (Lipinski definition) is 4. The van der Waals surface area contributed by atoms with Crippen molar-refractivity contribution in [2.24, 2.45) is 0 Å². The van der Waals surface area contributed by atoms with E-state index in [4.69, 9.17) is 17.0 Å². The molecule has 6 heteroatoms. The number of aromatic nitrogens is 1. The van der Waals surface area contributed by atoms with Crippen molar-refractivity contribution in [1.29, 1.82) is 5.41 Å². The van der Waals surface area contributed by atoms with Crippen LogP contribution in [0.2, 0.25) is 5.02 Å². The largest absolute Gasteiger partial charge is 0.509 e. The Kier molecular flexibility index (Phi) is 4.34. The van der Waals surface area contributed by atoms with Crippen molar-refractivity contribution in [2.45, 2.75) is 6.04 Å². The first-order chi connectivity index (χ1) is 14.1. The van der Waals surface area contributed by atoms with E-state index in [1.807, 2.05) is 71.6 Å². The molecule has 0 saturated carbocycles. The fraction of sp³-hybridized carbons (Fsp3) is 0.0435. The Labute approximate surface area is 176 Å². The highest BCUT2D eigenvalue weighted by Gasteiger charge is 2.40. The second kappa shape index (κ2) is 7.03. The molecule has 0 spiro atoms. The number of nitrogens with one attached hydrogen (secondary N) is 1. The van der Waals surface area contributed by atoms with Gasteiger partial charge in [0.05, 0.1) is 15.8 Å². The average molecular weight is 418 g/mol. The van der Waals surface area contributed by atoms with Crippen LogP contribution in [0.3, 0.4) is 0 Å². The van der Waals surface area contributed by atoms with Crippen LogP contribution >= 0.6 is 22.9 Å². The van der Waals surface area contributed by atoms with E-state index < -0.39 is 6.04 Å². The molecule has 0 aliphatic carbocycles. The maximum Gasteiger partial charge on any atom is 0.140 e. The van der Waals surface area contributed by atoms with Crippen LogP contribution < -0.4 is 4.90 Å². The molecule has 1 aliphatic heterocycles. The smallest absolute Gasteiger partial charge is 0.140 e. The summed E-state index contributed by atoms with van der Waals surface area (Å²) >= 11 is 7.55. The lowest BCUT2D eigenvalue weighted by Crippen LogP contribution is -2.29. The highest BCUT2D eigenvalue weighted by molar-refractivity contribution is 7.19. The molecule has 1 aliphatic rings. The summed E-state index contributed by atoms with van der Waals surface area (Å²) < 4.78 is 1.02. The van der Waals surface area contributed by atoms with Gasteiger partial charge in [-0.1, -0.05) is 54.1 Å². The van der Waals surface area contributed by atoms with Gasteiger partial charge >= 0.3 is 0 Å². The zero-order chi connectivity index (χ0) is 20.0. The number of hydrogen-bond donors (Lipinski definition) is 2. The number of halogens is 1. The number of para-hydroxylation sites is 1. The lowest BCUT2D eigenvalue weighted by molar-refractivity contribution is 0.379. The number of amidine groups is 1. The second-order valence-electron chi connectivity index (χ2n) is 6.76. The molecule has 4 nitrogen and oxygen atoms in total. The summed E-state index contributed by atoms with van der Waals surface area (Å²) in [5.74, 6) is 0.355. The number of anilines is 1. The zero-order valence-corrected chi connectivity index (χ0v) is 16.8. The third kappa shape index (κ3) is 2.99. The Bertz CT molecular complexity index is 1220. The molecule has 29 heavy (non-hydrogen) atoms. The van der Waals surface area contributed by atoms with Gasteiger partial charge in [0.25, 0.3) is 0 Å². The predicted molar refractivity (Wildman–Crippen MR) is 120 cm³/mol. The van der Waals surface area contributed by atoms with Gasteiger partial charge in [-0.05, 0) is 42.0 Å². The molecule has 0 saturated heterocycles. The molecule has 0 unspecified atom stereocenters. The standard InChI is InChI=1S/C23H16ClN3OS/c24-15-10-12-16(13-11-15)27-20(14-6-2-1-3-7-14)21(28)19(22(27)25)23-26-17-8-4-5-9-18(17)29-23/h1-13,20,25,28H/t20-/m1/s1. The number of aliphatic hydroxyl groups excluding tert-OH is 1. The fourth-order valence-corrected chi connectivity index (χ4v) is 4.79. The van der Waals surface area contributed by atoms with E-state index in [0.717, 1.165) is 21.5 Å². The topological polar surface area (TPSA) is 60.2 Å². The Morgan fingerprint density at radius 1 is 0.931 bits per heavy atom. The lowest BCUT2D eigenvalue weighted by atomic mass is 10.0. The quantitative estimate of drug-likeness (QED) is 0.402. The molecule has 0 fully saturated rings. The van der Waals surface area contributed by atoms with Crippen LogP contribution in [0.5, 0.6) is 0 Å². The molecule has 5 rings (SSSR count). The Morgan fingerprint density at radius 3 is 2.34 bits per heavy atom. The number of fused-ring (bicyclic) bond motifs is 1. The number of aliphatic hydroxyl groups is 1. The summed E-state index contributed by atoms with van der Waals surface area (Å²) in [6.45, 7) is 0. The molecule has 1 atom stereocenters. The minimum atomic E-state index is -0.494. The third-order valence-electron chi connectivity index (χ3n) is 4.98. The number of thiazole rings is 1. The normalized spacial score (nSPS) is 16.8. The average Bonchev–Trinajstić information content (AvgIpc) is 3.27. The molecule has 0 bridgehead atoms. The second-order valence-corrected chi connectivity index (χ2v) is 8.22. The van der Waals surface area contributed by atoms with Gasteiger partial charge in [0.2, 0.25) is 0 Å². The first-order valence-electron chi connectivity index (χ1n) is 9.11. The van der Waals surface area contributed by atoms with Crippen molar-refractivity contribution in [2.75, 3.05) is 4.90 Å². The van der Waals surface area contributed by atoms with Crippen LogP contribution in [0.15, 0.2) is 84.6 Å². The van der Waals surface area contributed by atoms with E-state index >= 15 is 0 Å². The number of nitrogens with zero attached hydrogens (tertiary/aromatic N) is 2. The van der Waals surface area contributed by atoms with E-state index in [1.54, 1.807) is 12.1 Å². The summed E-state index contributed by atoms with van der Waals surface area (Å²) in [6.07, 6.45) is 0. The Morgan fingerprint density at radius 2 is 1.62 bits per heavy atom. The molecular weight excluding hydrogens is 402 g/mol. The SMILES string of the molecule is N=C1C(c2nc3ccccc3s2)=C(O)[C@@H](c2ccccc2)N1c1ccc(Cl)cc1. The van der Waals surface area contributed by atoms with Gasteiger partial charge < -0.3 is 10.0 Å².